The highest BCUT2D eigenvalue weighted by molar-refractivity contribution is 6.32. The Morgan fingerprint density at radius 2 is 1.95 bits per heavy atom. The molecule has 2 rings (SSSR count). The van der Waals surface area contributed by atoms with Crippen molar-refractivity contribution in [2.45, 2.75) is 46.6 Å². The van der Waals surface area contributed by atoms with Crippen molar-refractivity contribution in [1.29, 1.82) is 0 Å². The van der Waals surface area contributed by atoms with E-state index in [1.807, 2.05) is 6.07 Å². The SMILES string of the molecule is CC(C)(C)C1CCCN(Cc2nc(Cl)ccc2Cl)CC1. The smallest absolute Gasteiger partial charge is 0.129 e. The lowest BCUT2D eigenvalue weighted by molar-refractivity contribution is 0.206. The fourth-order valence-corrected chi connectivity index (χ4v) is 3.29. The van der Waals surface area contributed by atoms with Gasteiger partial charge in [0.25, 0.3) is 0 Å². The van der Waals surface area contributed by atoms with Gasteiger partial charge in [0.1, 0.15) is 5.15 Å². The van der Waals surface area contributed by atoms with Gasteiger partial charge in [-0.1, -0.05) is 44.0 Å². The fourth-order valence-electron chi connectivity index (χ4n) is 2.96. The van der Waals surface area contributed by atoms with E-state index in [0.29, 0.717) is 15.6 Å². The second-order valence-corrected chi connectivity index (χ2v) is 7.63. The molecule has 1 aromatic heterocycles. The molecule has 0 saturated carbocycles. The number of likely N-dealkylation sites (tertiary alicyclic amines) is 1. The van der Waals surface area contributed by atoms with Crippen LogP contribution < -0.4 is 0 Å². The molecule has 1 unspecified atom stereocenters. The van der Waals surface area contributed by atoms with Gasteiger partial charge in [-0.25, -0.2) is 4.98 Å². The van der Waals surface area contributed by atoms with Gasteiger partial charge in [-0.2, -0.15) is 0 Å². The van der Waals surface area contributed by atoms with Crippen LogP contribution in [0.3, 0.4) is 0 Å². The fraction of sp³-hybridized carbons (Fsp3) is 0.688. The number of aromatic nitrogens is 1. The van der Waals surface area contributed by atoms with Crippen LogP contribution in [0, 0.1) is 11.3 Å². The van der Waals surface area contributed by atoms with Gasteiger partial charge in [-0.15, -0.1) is 0 Å². The summed E-state index contributed by atoms with van der Waals surface area (Å²) in [6.07, 6.45) is 3.82. The van der Waals surface area contributed by atoms with Crippen molar-refractivity contribution in [1.82, 2.24) is 9.88 Å². The van der Waals surface area contributed by atoms with E-state index in [0.717, 1.165) is 31.2 Å². The van der Waals surface area contributed by atoms with E-state index in [2.05, 4.69) is 30.7 Å². The van der Waals surface area contributed by atoms with Gasteiger partial charge in [0.2, 0.25) is 0 Å². The summed E-state index contributed by atoms with van der Waals surface area (Å²) in [6.45, 7) is 10.1. The van der Waals surface area contributed by atoms with Crippen LogP contribution in [0.25, 0.3) is 0 Å². The second kappa shape index (κ2) is 6.64. The molecule has 1 atom stereocenters. The molecule has 0 N–H and O–H groups in total. The van der Waals surface area contributed by atoms with Gasteiger partial charge in [0.15, 0.2) is 0 Å². The first-order valence-corrected chi connectivity index (χ1v) is 8.15. The average molecular weight is 315 g/mol. The molecule has 1 fully saturated rings. The number of pyridine rings is 1. The topological polar surface area (TPSA) is 16.1 Å². The predicted molar refractivity (Wildman–Crippen MR) is 86.3 cm³/mol. The summed E-state index contributed by atoms with van der Waals surface area (Å²) in [5, 5.41) is 1.23. The van der Waals surface area contributed by atoms with Crippen LogP contribution in [0.1, 0.15) is 45.7 Å². The van der Waals surface area contributed by atoms with Gasteiger partial charge in [-0.3, -0.25) is 4.90 Å². The summed E-state index contributed by atoms with van der Waals surface area (Å²) in [5.41, 5.74) is 1.30. The van der Waals surface area contributed by atoms with Gasteiger partial charge >= 0.3 is 0 Å². The molecule has 0 aromatic carbocycles. The van der Waals surface area contributed by atoms with Crippen LogP contribution >= 0.6 is 23.2 Å². The van der Waals surface area contributed by atoms with Crippen molar-refractivity contribution < 1.29 is 0 Å². The summed E-state index contributed by atoms with van der Waals surface area (Å²) in [7, 11) is 0. The largest absolute Gasteiger partial charge is 0.297 e. The van der Waals surface area contributed by atoms with Gasteiger partial charge < -0.3 is 0 Å². The number of hydrogen-bond donors (Lipinski definition) is 0. The van der Waals surface area contributed by atoms with E-state index in [4.69, 9.17) is 23.2 Å². The third kappa shape index (κ3) is 4.34. The maximum atomic E-state index is 6.21. The Morgan fingerprint density at radius 3 is 2.65 bits per heavy atom. The molecule has 2 nitrogen and oxygen atoms in total. The molecule has 0 bridgehead atoms. The Balaban J connectivity index is 1.99. The number of rotatable bonds is 2. The summed E-state index contributed by atoms with van der Waals surface area (Å²) in [4.78, 5) is 6.81. The molecule has 1 saturated heterocycles. The quantitative estimate of drug-likeness (QED) is 0.711. The van der Waals surface area contributed by atoms with E-state index in [9.17, 15) is 0 Å². The molecular weight excluding hydrogens is 291 g/mol. The van der Waals surface area contributed by atoms with Crippen molar-refractivity contribution in [3.05, 3.63) is 28.0 Å². The summed E-state index contributed by atoms with van der Waals surface area (Å²) in [6, 6.07) is 3.58. The van der Waals surface area contributed by atoms with E-state index in [1.54, 1.807) is 6.07 Å². The third-order valence-corrected chi connectivity index (χ3v) is 4.86. The van der Waals surface area contributed by atoms with Crippen LogP contribution in [0.15, 0.2) is 12.1 Å². The van der Waals surface area contributed by atoms with E-state index < -0.39 is 0 Å². The van der Waals surface area contributed by atoms with E-state index in [1.165, 1.54) is 19.3 Å². The zero-order chi connectivity index (χ0) is 14.8. The van der Waals surface area contributed by atoms with Crippen LogP contribution in [0.5, 0.6) is 0 Å². The van der Waals surface area contributed by atoms with Gasteiger partial charge in [0, 0.05) is 6.54 Å². The van der Waals surface area contributed by atoms with Crippen LogP contribution in [-0.2, 0) is 6.54 Å². The monoisotopic (exact) mass is 314 g/mol. The first kappa shape index (κ1) is 16.1. The Kier molecular flexibility index (Phi) is 5.33. The maximum Gasteiger partial charge on any atom is 0.129 e. The molecule has 4 heteroatoms. The molecule has 0 spiro atoms. The first-order valence-electron chi connectivity index (χ1n) is 7.39. The highest BCUT2D eigenvalue weighted by Gasteiger charge is 2.27. The second-order valence-electron chi connectivity index (χ2n) is 6.83. The molecule has 0 aliphatic carbocycles. The Hall–Kier alpha value is -0.310. The molecule has 1 aliphatic rings. The standard InChI is InChI=1S/C16H24Cl2N2/c1-16(2,3)12-5-4-9-20(10-8-12)11-14-13(17)6-7-15(18)19-14/h6-7,12H,4-5,8-11H2,1-3H3. The van der Waals surface area contributed by atoms with Crippen LogP contribution in [0.4, 0.5) is 0 Å². The molecule has 112 valence electrons. The van der Waals surface area contributed by atoms with E-state index >= 15 is 0 Å². The molecule has 1 aliphatic heterocycles. The number of nitrogens with zero attached hydrogens (tertiary/aromatic N) is 2. The highest BCUT2D eigenvalue weighted by atomic mass is 35.5. The van der Waals surface area contributed by atoms with Gasteiger partial charge in [0.05, 0.1) is 10.7 Å². The molecule has 0 amide bonds. The normalized spacial score (nSPS) is 21.8. The average Bonchev–Trinajstić information content (AvgIpc) is 2.59. The number of halogens is 2. The minimum atomic E-state index is 0.405. The highest BCUT2D eigenvalue weighted by Crippen LogP contribution is 2.34. The zero-order valence-corrected chi connectivity index (χ0v) is 14.1. The van der Waals surface area contributed by atoms with Crippen molar-refractivity contribution in [3.63, 3.8) is 0 Å². The Labute approximate surface area is 132 Å². The lowest BCUT2D eigenvalue weighted by Crippen LogP contribution is -2.26. The molecule has 1 aromatic rings. The number of hydrogen-bond acceptors (Lipinski definition) is 2. The molecular formula is C16H24Cl2N2. The molecule has 0 radical (unpaired) electrons. The predicted octanol–water partition coefficient (Wildman–Crippen LogP) is 5.04. The third-order valence-electron chi connectivity index (χ3n) is 4.30. The molecule has 2 heterocycles. The lowest BCUT2D eigenvalue weighted by Gasteiger charge is -2.29. The van der Waals surface area contributed by atoms with Crippen LogP contribution in [0.2, 0.25) is 10.2 Å². The van der Waals surface area contributed by atoms with Crippen molar-refractivity contribution >= 4 is 23.2 Å². The van der Waals surface area contributed by atoms with Crippen molar-refractivity contribution in [3.8, 4) is 0 Å². The molecule has 20 heavy (non-hydrogen) atoms. The first-order chi connectivity index (χ1) is 9.36. The van der Waals surface area contributed by atoms with Crippen molar-refractivity contribution in [2.75, 3.05) is 13.1 Å². The van der Waals surface area contributed by atoms with Crippen molar-refractivity contribution in [2.24, 2.45) is 11.3 Å². The van der Waals surface area contributed by atoms with Crippen LogP contribution in [-0.4, -0.2) is 23.0 Å². The Bertz CT molecular complexity index is 454. The zero-order valence-electron chi connectivity index (χ0n) is 12.6. The summed E-state index contributed by atoms with van der Waals surface area (Å²) < 4.78 is 0. The summed E-state index contributed by atoms with van der Waals surface area (Å²) in [5.74, 6) is 0.801. The Morgan fingerprint density at radius 1 is 1.20 bits per heavy atom. The minimum Gasteiger partial charge on any atom is -0.297 e. The maximum absolute atomic E-state index is 6.21. The lowest BCUT2D eigenvalue weighted by atomic mass is 9.77. The van der Waals surface area contributed by atoms with E-state index in [-0.39, 0.29) is 0 Å². The van der Waals surface area contributed by atoms with Gasteiger partial charge in [-0.05, 0) is 55.8 Å². The summed E-state index contributed by atoms with van der Waals surface area (Å²) >= 11 is 12.2. The minimum absolute atomic E-state index is 0.405.